The molecular weight excluding hydrogens is 240 g/mol. The van der Waals surface area contributed by atoms with Crippen LogP contribution in [0.5, 0.6) is 5.75 Å². The summed E-state index contributed by atoms with van der Waals surface area (Å²) in [7, 11) is 0. The minimum atomic E-state index is -0.364. The highest BCUT2D eigenvalue weighted by Crippen LogP contribution is 2.35. The number of hydrogen-bond acceptors (Lipinski definition) is 3. The van der Waals surface area contributed by atoms with Crippen molar-refractivity contribution in [2.45, 2.75) is 45.8 Å². The Morgan fingerprint density at radius 3 is 2.79 bits per heavy atom. The molecule has 2 rings (SSSR count). The van der Waals surface area contributed by atoms with Gasteiger partial charge in [0.15, 0.2) is 6.10 Å². The van der Waals surface area contributed by atoms with Gasteiger partial charge in [-0.05, 0) is 30.5 Å². The zero-order chi connectivity index (χ0) is 13.8. The van der Waals surface area contributed by atoms with E-state index in [0.29, 0.717) is 13.0 Å². The van der Waals surface area contributed by atoms with Gasteiger partial charge in [-0.25, -0.2) is 0 Å². The van der Waals surface area contributed by atoms with Crippen LogP contribution in [0.3, 0.4) is 0 Å². The van der Waals surface area contributed by atoms with Crippen LogP contribution >= 0.6 is 0 Å². The highest BCUT2D eigenvalue weighted by molar-refractivity contribution is 6.00. The summed E-state index contributed by atoms with van der Waals surface area (Å²) in [5.74, 6) is 0.856. The maximum absolute atomic E-state index is 12.4. The van der Waals surface area contributed by atoms with Gasteiger partial charge in [-0.2, -0.15) is 0 Å². The molecule has 4 nitrogen and oxygen atoms in total. The number of carbonyl (C=O) groups excluding carboxylic acids is 1. The molecule has 0 fully saturated rings. The molecule has 0 radical (unpaired) electrons. The first-order chi connectivity index (χ1) is 9.21. The summed E-state index contributed by atoms with van der Waals surface area (Å²) < 4.78 is 5.80. The van der Waals surface area contributed by atoms with E-state index in [9.17, 15) is 4.79 Å². The lowest BCUT2D eigenvalue weighted by atomic mass is 10.1. The Kier molecular flexibility index (Phi) is 4.43. The third-order valence-corrected chi connectivity index (χ3v) is 3.47. The lowest BCUT2D eigenvalue weighted by Gasteiger charge is -2.34. The Bertz CT molecular complexity index is 459. The summed E-state index contributed by atoms with van der Waals surface area (Å²) in [6.45, 7) is 5.33. The van der Waals surface area contributed by atoms with E-state index in [4.69, 9.17) is 10.5 Å². The summed E-state index contributed by atoms with van der Waals surface area (Å²) in [6.07, 6.45) is 2.39. The normalized spacial score (nSPS) is 18.2. The number of amides is 1. The molecule has 1 aromatic rings. The smallest absolute Gasteiger partial charge is 0.268 e. The van der Waals surface area contributed by atoms with Gasteiger partial charge in [-0.1, -0.05) is 26.3 Å². The minimum Gasteiger partial charge on any atom is -0.478 e. The van der Waals surface area contributed by atoms with E-state index in [0.717, 1.165) is 36.4 Å². The highest BCUT2D eigenvalue weighted by atomic mass is 16.5. The Hall–Kier alpha value is -1.55. The van der Waals surface area contributed by atoms with Crippen LogP contribution in [0.2, 0.25) is 0 Å². The molecule has 1 amide bonds. The zero-order valence-electron chi connectivity index (χ0n) is 11.7. The van der Waals surface area contributed by atoms with Gasteiger partial charge in [0.1, 0.15) is 5.75 Å². The first-order valence-electron chi connectivity index (χ1n) is 7.02. The van der Waals surface area contributed by atoms with Crippen molar-refractivity contribution in [2.75, 3.05) is 11.4 Å². The fourth-order valence-corrected chi connectivity index (χ4v) is 2.30. The second-order valence-corrected chi connectivity index (χ2v) is 4.86. The van der Waals surface area contributed by atoms with Crippen LogP contribution in [0.15, 0.2) is 18.2 Å². The van der Waals surface area contributed by atoms with Crippen molar-refractivity contribution in [3.05, 3.63) is 23.8 Å². The van der Waals surface area contributed by atoms with E-state index in [1.54, 1.807) is 0 Å². The molecular formula is C15H22N2O2. The van der Waals surface area contributed by atoms with Crippen LogP contribution in [-0.4, -0.2) is 18.6 Å². The Morgan fingerprint density at radius 2 is 2.16 bits per heavy atom. The molecule has 0 aliphatic carbocycles. The topological polar surface area (TPSA) is 55.6 Å². The number of nitrogens with zero attached hydrogens (tertiary/aromatic N) is 1. The second-order valence-electron chi connectivity index (χ2n) is 4.86. The molecule has 0 saturated carbocycles. The summed E-state index contributed by atoms with van der Waals surface area (Å²) in [6, 6.07) is 5.85. The lowest BCUT2D eigenvalue weighted by Crippen LogP contribution is -2.46. The van der Waals surface area contributed by atoms with Gasteiger partial charge < -0.3 is 15.4 Å². The average molecular weight is 262 g/mol. The van der Waals surface area contributed by atoms with Gasteiger partial charge >= 0.3 is 0 Å². The van der Waals surface area contributed by atoms with Crippen molar-refractivity contribution in [2.24, 2.45) is 5.73 Å². The monoisotopic (exact) mass is 262 g/mol. The lowest BCUT2D eigenvalue weighted by molar-refractivity contribution is -0.126. The molecule has 1 aliphatic rings. The third kappa shape index (κ3) is 2.73. The highest BCUT2D eigenvalue weighted by Gasteiger charge is 2.32. The van der Waals surface area contributed by atoms with Gasteiger partial charge in [-0.3, -0.25) is 4.79 Å². The molecule has 0 spiro atoms. The van der Waals surface area contributed by atoms with E-state index in [1.165, 1.54) is 0 Å². The SMILES string of the molecule is CCCCN1C(=O)C(CC)Oc2cc(CN)ccc21. The van der Waals surface area contributed by atoms with Crippen LogP contribution < -0.4 is 15.4 Å². The van der Waals surface area contributed by atoms with Crippen LogP contribution in [0.4, 0.5) is 5.69 Å². The van der Waals surface area contributed by atoms with Gasteiger partial charge in [0.05, 0.1) is 5.69 Å². The van der Waals surface area contributed by atoms with Crippen molar-refractivity contribution < 1.29 is 9.53 Å². The molecule has 1 unspecified atom stereocenters. The van der Waals surface area contributed by atoms with Crippen molar-refractivity contribution in [3.63, 3.8) is 0 Å². The van der Waals surface area contributed by atoms with Crippen molar-refractivity contribution in [1.82, 2.24) is 0 Å². The zero-order valence-corrected chi connectivity index (χ0v) is 11.7. The predicted molar refractivity (Wildman–Crippen MR) is 76.3 cm³/mol. The maximum Gasteiger partial charge on any atom is 0.268 e. The largest absolute Gasteiger partial charge is 0.478 e. The number of benzene rings is 1. The predicted octanol–water partition coefficient (Wildman–Crippen LogP) is 2.45. The van der Waals surface area contributed by atoms with Gasteiger partial charge in [0.25, 0.3) is 5.91 Å². The van der Waals surface area contributed by atoms with Crippen molar-refractivity contribution in [3.8, 4) is 5.75 Å². The molecule has 2 N–H and O–H groups in total. The fourth-order valence-electron chi connectivity index (χ4n) is 2.30. The van der Waals surface area contributed by atoms with Crippen LogP contribution in [0, 0.1) is 0 Å². The van der Waals surface area contributed by atoms with Crippen molar-refractivity contribution in [1.29, 1.82) is 0 Å². The summed E-state index contributed by atoms with van der Waals surface area (Å²) in [5.41, 5.74) is 7.56. The number of hydrogen-bond donors (Lipinski definition) is 1. The number of carbonyl (C=O) groups is 1. The van der Waals surface area contributed by atoms with E-state index in [1.807, 2.05) is 30.0 Å². The first kappa shape index (κ1) is 13.9. The minimum absolute atomic E-state index is 0.0731. The molecule has 19 heavy (non-hydrogen) atoms. The molecule has 1 aliphatic heterocycles. The average Bonchev–Trinajstić information content (AvgIpc) is 2.45. The number of nitrogens with two attached hydrogens (primary N) is 1. The standard InChI is InChI=1S/C15H22N2O2/c1-3-5-8-17-12-7-6-11(10-16)9-14(12)19-13(4-2)15(17)18/h6-7,9,13H,3-5,8,10,16H2,1-2H3. The van der Waals surface area contributed by atoms with Gasteiger partial charge in [0.2, 0.25) is 0 Å². The number of anilines is 1. The van der Waals surface area contributed by atoms with E-state index >= 15 is 0 Å². The molecule has 1 aromatic carbocycles. The third-order valence-electron chi connectivity index (χ3n) is 3.47. The maximum atomic E-state index is 12.4. The van der Waals surface area contributed by atoms with Gasteiger partial charge in [0, 0.05) is 13.1 Å². The summed E-state index contributed by atoms with van der Waals surface area (Å²) >= 11 is 0. The number of fused-ring (bicyclic) bond motifs is 1. The Balaban J connectivity index is 2.35. The van der Waals surface area contributed by atoms with Gasteiger partial charge in [-0.15, -0.1) is 0 Å². The van der Waals surface area contributed by atoms with Crippen LogP contribution in [0.1, 0.15) is 38.7 Å². The molecule has 104 valence electrons. The summed E-state index contributed by atoms with van der Waals surface area (Å²) in [4.78, 5) is 14.2. The molecule has 1 heterocycles. The second kappa shape index (κ2) is 6.06. The molecule has 4 heteroatoms. The number of rotatable bonds is 5. The quantitative estimate of drug-likeness (QED) is 0.886. The Morgan fingerprint density at radius 1 is 1.37 bits per heavy atom. The summed E-state index contributed by atoms with van der Waals surface area (Å²) in [5, 5.41) is 0. The number of ether oxygens (including phenoxy) is 1. The van der Waals surface area contributed by atoms with E-state index in [-0.39, 0.29) is 12.0 Å². The fraction of sp³-hybridized carbons (Fsp3) is 0.533. The van der Waals surface area contributed by atoms with Crippen molar-refractivity contribution >= 4 is 11.6 Å². The first-order valence-corrected chi connectivity index (χ1v) is 7.02. The molecule has 1 atom stereocenters. The molecule has 0 saturated heterocycles. The Labute approximate surface area is 114 Å². The van der Waals surface area contributed by atoms with E-state index in [2.05, 4.69) is 6.92 Å². The molecule has 0 bridgehead atoms. The van der Waals surface area contributed by atoms with E-state index < -0.39 is 0 Å². The molecule has 0 aromatic heterocycles. The van der Waals surface area contributed by atoms with Crippen LogP contribution in [-0.2, 0) is 11.3 Å². The number of unbranched alkanes of at least 4 members (excludes halogenated alkanes) is 1. The van der Waals surface area contributed by atoms with Crippen LogP contribution in [0.25, 0.3) is 0 Å².